The number of benzene rings is 2. The summed E-state index contributed by atoms with van der Waals surface area (Å²) in [6.45, 7) is 1.43. The van der Waals surface area contributed by atoms with Crippen molar-refractivity contribution in [2.24, 2.45) is 0 Å². The van der Waals surface area contributed by atoms with Crippen LogP contribution in [0.1, 0.15) is 11.8 Å². The first-order valence-corrected chi connectivity index (χ1v) is 10.8. The molecule has 0 bridgehead atoms. The van der Waals surface area contributed by atoms with Gasteiger partial charge in [-0.05, 0) is 47.8 Å². The van der Waals surface area contributed by atoms with E-state index in [9.17, 15) is 14.4 Å². The number of ether oxygens (including phenoxy) is 2. The van der Waals surface area contributed by atoms with Gasteiger partial charge in [0.2, 0.25) is 5.91 Å². The summed E-state index contributed by atoms with van der Waals surface area (Å²) in [5, 5.41) is 7.64. The van der Waals surface area contributed by atoms with Crippen LogP contribution in [0.15, 0.2) is 65.7 Å². The van der Waals surface area contributed by atoms with Gasteiger partial charge in [-0.1, -0.05) is 6.07 Å². The molecule has 0 atom stereocenters. The Morgan fingerprint density at radius 3 is 2.21 bits per heavy atom. The van der Waals surface area contributed by atoms with Gasteiger partial charge in [0.25, 0.3) is 11.8 Å². The topological polar surface area (TPSA) is 97.0 Å². The molecule has 3 amide bonds. The number of carbonyl (C=O) groups excluding carboxylic acids is 3. The average Bonchev–Trinajstić information content (AvgIpc) is 3.41. The molecule has 2 aromatic carbocycles. The maximum absolute atomic E-state index is 13.5. The summed E-state index contributed by atoms with van der Waals surface area (Å²) >= 11 is 1.37. The SMILES string of the molecule is COc1ccc(N2C(=O)C(Nc3ccc(NC(C)=O)cc3)=C(c3cccs3)C2=O)cc1OC. The highest BCUT2D eigenvalue weighted by molar-refractivity contribution is 7.11. The maximum atomic E-state index is 13.5. The lowest BCUT2D eigenvalue weighted by atomic mass is 10.1. The molecule has 1 aliphatic heterocycles. The summed E-state index contributed by atoms with van der Waals surface area (Å²) in [5.74, 6) is -0.207. The zero-order valence-electron chi connectivity index (χ0n) is 18.2. The Morgan fingerprint density at radius 1 is 0.909 bits per heavy atom. The summed E-state index contributed by atoms with van der Waals surface area (Å²) in [4.78, 5) is 39.9. The molecule has 0 saturated heterocycles. The summed E-state index contributed by atoms with van der Waals surface area (Å²) < 4.78 is 10.6. The lowest BCUT2D eigenvalue weighted by Crippen LogP contribution is -2.32. The maximum Gasteiger partial charge on any atom is 0.282 e. The van der Waals surface area contributed by atoms with Gasteiger partial charge in [-0.2, -0.15) is 0 Å². The highest BCUT2D eigenvalue weighted by Crippen LogP contribution is 2.38. The summed E-state index contributed by atoms with van der Waals surface area (Å²) in [6, 6.07) is 15.4. The predicted octanol–water partition coefficient (Wildman–Crippen LogP) is 4.12. The second-order valence-electron chi connectivity index (χ2n) is 7.10. The summed E-state index contributed by atoms with van der Waals surface area (Å²) in [7, 11) is 3.00. The van der Waals surface area contributed by atoms with Crippen molar-refractivity contribution in [3.63, 3.8) is 0 Å². The first-order valence-electron chi connectivity index (χ1n) is 9.96. The van der Waals surface area contributed by atoms with Gasteiger partial charge in [0.15, 0.2) is 11.5 Å². The highest BCUT2D eigenvalue weighted by Gasteiger charge is 2.41. The zero-order valence-corrected chi connectivity index (χ0v) is 19.0. The van der Waals surface area contributed by atoms with Gasteiger partial charge in [-0.3, -0.25) is 14.4 Å². The Balaban J connectivity index is 1.71. The zero-order chi connectivity index (χ0) is 23.5. The van der Waals surface area contributed by atoms with E-state index in [1.807, 2.05) is 11.4 Å². The monoisotopic (exact) mass is 463 g/mol. The highest BCUT2D eigenvalue weighted by atomic mass is 32.1. The van der Waals surface area contributed by atoms with Crippen LogP contribution in [0.2, 0.25) is 0 Å². The van der Waals surface area contributed by atoms with Crippen LogP contribution < -0.4 is 25.0 Å². The van der Waals surface area contributed by atoms with Crippen LogP contribution in [0.5, 0.6) is 11.5 Å². The molecule has 0 saturated carbocycles. The van der Waals surface area contributed by atoms with Crippen molar-refractivity contribution in [1.29, 1.82) is 0 Å². The van der Waals surface area contributed by atoms with Gasteiger partial charge in [0.1, 0.15) is 5.70 Å². The van der Waals surface area contributed by atoms with Crippen LogP contribution in [0.4, 0.5) is 17.1 Å². The summed E-state index contributed by atoms with van der Waals surface area (Å²) in [5.41, 5.74) is 2.06. The van der Waals surface area contributed by atoms with Crippen molar-refractivity contribution in [2.45, 2.75) is 6.92 Å². The molecule has 8 nitrogen and oxygen atoms in total. The molecule has 4 rings (SSSR count). The van der Waals surface area contributed by atoms with Crippen LogP contribution >= 0.6 is 11.3 Å². The standard InChI is InChI=1S/C24H21N3O5S/c1-14(28)25-15-6-8-16(9-7-15)26-22-21(20-5-4-12-33-20)23(29)27(24(22)30)17-10-11-18(31-2)19(13-17)32-3/h4-13,26H,1-3H3,(H,25,28). The number of hydrogen-bond donors (Lipinski definition) is 2. The first-order chi connectivity index (χ1) is 15.9. The van der Waals surface area contributed by atoms with E-state index < -0.39 is 11.8 Å². The fourth-order valence-electron chi connectivity index (χ4n) is 3.48. The number of methoxy groups -OCH3 is 2. The van der Waals surface area contributed by atoms with E-state index in [4.69, 9.17) is 9.47 Å². The largest absolute Gasteiger partial charge is 0.493 e. The number of hydrogen-bond acceptors (Lipinski definition) is 7. The molecule has 168 valence electrons. The molecule has 9 heteroatoms. The molecular weight excluding hydrogens is 442 g/mol. The number of anilines is 3. The van der Waals surface area contributed by atoms with E-state index in [2.05, 4.69) is 10.6 Å². The Morgan fingerprint density at radius 2 is 1.61 bits per heavy atom. The van der Waals surface area contributed by atoms with Crippen LogP contribution in [0.25, 0.3) is 5.57 Å². The average molecular weight is 464 g/mol. The third kappa shape index (κ3) is 4.31. The van der Waals surface area contributed by atoms with Crippen LogP contribution in [0, 0.1) is 0 Å². The van der Waals surface area contributed by atoms with E-state index in [1.165, 1.54) is 32.5 Å². The Hall–Kier alpha value is -4.11. The van der Waals surface area contributed by atoms with Gasteiger partial charge in [-0.15, -0.1) is 11.3 Å². The minimum absolute atomic E-state index is 0.171. The third-order valence-electron chi connectivity index (χ3n) is 4.95. The minimum atomic E-state index is -0.485. The van der Waals surface area contributed by atoms with Crippen LogP contribution in [-0.4, -0.2) is 31.9 Å². The number of amides is 3. The minimum Gasteiger partial charge on any atom is -0.493 e. The third-order valence-corrected chi connectivity index (χ3v) is 5.84. The van der Waals surface area contributed by atoms with Crippen molar-refractivity contribution in [2.75, 3.05) is 29.8 Å². The molecular formula is C24H21N3O5S. The number of carbonyl (C=O) groups is 3. The Kier molecular flexibility index (Phi) is 6.14. The van der Waals surface area contributed by atoms with Crippen LogP contribution in [-0.2, 0) is 14.4 Å². The quantitative estimate of drug-likeness (QED) is 0.512. The van der Waals surface area contributed by atoms with Crippen molar-refractivity contribution < 1.29 is 23.9 Å². The lowest BCUT2D eigenvalue weighted by Gasteiger charge is -2.17. The van der Waals surface area contributed by atoms with Crippen LogP contribution in [0.3, 0.4) is 0 Å². The molecule has 1 aromatic heterocycles. The van der Waals surface area contributed by atoms with E-state index in [-0.39, 0.29) is 17.2 Å². The number of imide groups is 1. The van der Waals surface area contributed by atoms with Gasteiger partial charge in [0.05, 0.1) is 25.5 Å². The number of nitrogens with zero attached hydrogens (tertiary/aromatic N) is 1. The molecule has 33 heavy (non-hydrogen) atoms. The van der Waals surface area contributed by atoms with E-state index >= 15 is 0 Å². The molecule has 0 unspecified atom stereocenters. The molecule has 2 heterocycles. The summed E-state index contributed by atoms with van der Waals surface area (Å²) in [6.07, 6.45) is 0. The molecule has 0 radical (unpaired) electrons. The second-order valence-corrected chi connectivity index (χ2v) is 8.04. The molecule has 3 aromatic rings. The Bertz CT molecular complexity index is 1250. The van der Waals surface area contributed by atoms with E-state index in [1.54, 1.807) is 48.5 Å². The molecule has 0 spiro atoms. The lowest BCUT2D eigenvalue weighted by molar-refractivity contribution is -0.120. The van der Waals surface area contributed by atoms with Crippen molar-refractivity contribution in [3.8, 4) is 11.5 Å². The van der Waals surface area contributed by atoms with Gasteiger partial charge >= 0.3 is 0 Å². The number of rotatable bonds is 7. The molecule has 0 aliphatic carbocycles. The normalized spacial score (nSPS) is 13.4. The van der Waals surface area contributed by atoms with E-state index in [0.29, 0.717) is 33.4 Å². The molecule has 2 N–H and O–H groups in total. The predicted molar refractivity (Wildman–Crippen MR) is 128 cm³/mol. The van der Waals surface area contributed by atoms with Gasteiger partial charge in [-0.25, -0.2) is 4.90 Å². The smallest absolute Gasteiger partial charge is 0.282 e. The van der Waals surface area contributed by atoms with Gasteiger partial charge in [0, 0.05) is 29.2 Å². The molecule has 1 aliphatic rings. The van der Waals surface area contributed by atoms with Crippen molar-refractivity contribution in [1.82, 2.24) is 0 Å². The van der Waals surface area contributed by atoms with E-state index in [0.717, 1.165) is 4.90 Å². The fraction of sp³-hybridized carbons (Fsp3) is 0.125. The first kappa shape index (κ1) is 22.1. The van der Waals surface area contributed by atoms with Crippen molar-refractivity contribution >= 4 is 51.7 Å². The number of thiophene rings is 1. The fourth-order valence-corrected chi connectivity index (χ4v) is 4.25. The number of nitrogens with one attached hydrogen (secondary N) is 2. The van der Waals surface area contributed by atoms with Crippen molar-refractivity contribution in [3.05, 3.63) is 70.6 Å². The second kappa shape index (κ2) is 9.17. The van der Waals surface area contributed by atoms with Gasteiger partial charge < -0.3 is 20.1 Å². The Labute approximate surface area is 194 Å². The molecule has 0 fully saturated rings.